The zero-order chi connectivity index (χ0) is 34.1. The van der Waals surface area contributed by atoms with Gasteiger partial charge in [-0.25, -0.2) is 0 Å². The van der Waals surface area contributed by atoms with Crippen molar-refractivity contribution in [3.05, 3.63) is 176 Å². The van der Waals surface area contributed by atoms with E-state index < -0.39 is 8.07 Å². The summed E-state index contributed by atoms with van der Waals surface area (Å²) in [4.78, 5) is 2.47. The van der Waals surface area contributed by atoms with E-state index in [2.05, 4.69) is 194 Å². The summed E-state index contributed by atoms with van der Waals surface area (Å²) >= 11 is 0. The summed E-state index contributed by atoms with van der Waals surface area (Å²) < 4.78 is 6.48. The average Bonchev–Trinajstić information content (AvgIpc) is 3.68. The van der Waals surface area contributed by atoms with Gasteiger partial charge in [-0.2, -0.15) is 0 Å². The van der Waals surface area contributed by atoms with E-state index in [0.717, 1.165) is 22.5 Å². The van der Waals surface area contributed by atoms with Gasteiger partial charge in [0.2, 0.25) is 0 Å². The highest BCUT2D eigenvalue weighted by Gasteiger charge is 2.41. The number of furan rings is 1. The molecule has 9 aromatic rings. The number of fused-ring (bicyclic) bond motifs is 8. The standard InChI is InChI=1S/C48H35NOSi/c1-51(2)44-21-11-19-41(47(44)48-45(51)29-28-43-46(48)40-18-8-9-20-42(40)50-43)49(38-26-24-34(25-27-38)32-12-4-3-5-13-32)39-17-10-16-36(31-39)37-23-22-33-14-6-7-15-35(33)30-37/h3-31H,1-2H3. The zero-order valence-corrected chi connectivity index (χ0v) is 29.6. The Bertz CT molecular complexity index is 2780. The summed E-state index contributed by atoms with van der Waals surface area (Å²) in [5.74, 6) is 0. The number of hydrogen-bond acceptors (Lipinski definition) is 2. The summed E-state index contributed by atoms with van der Waals surface area (Å²) in [6.07, 6.45) is 0. The van der Waals surface area contributed by atoms with Crippen LogP contribution in [-0.2, 0) is 0 Å². The van der Waals surface area contributed by atoms with Gasteiger partial charge in [0.25, 0.3) is 0 Å². The van der Waals surface area contributed by atoms with Gasteiger partial charge >= 0.3 is 0 Å². The third-order valence-corrected chi connectivity index (χ3v) is 14.4. The number of anilines is 3. The van der Waals surface area contributed by atoms with Crippen LogP contribution < -0.4 is 15.3 Å². The second-order valence-corrected chi connectivity index (χ2v) is 18.5. The molecule has 0 N–H and O–H groups in total. The molecule has 242 valence electrons. The highest BCUT2D eigenvalue weighted by Crippen LogP contribution is 2.47. The molecule has 0 spiro atoms. The molecule has 0 unspecified atom stereocenters. The molecular formula is C48H35NOSi. The normalized spacial score (nSPS) is 13.1. The zero-order valence-electron chi connectivity index (χ0n) is 28.6. The predicted molar refractivity (Wildman–Crippen MR) is 219 cm³/mol. The van der Waals surface area contributed by atoms with E-state index in [1.54, 1.807) is 0 Å². The molecule has 0 atom stereocenters. The van der Waals surface area contributed by atoms with Crippen LogP contribution in [0.5, 0.6) is 0 Å². The smallest absolute Gasteiger partial charge is 0.136 e. The quantitative estimate of drug-likeness (QED) is 0.170. The maximum absolute atomic E-state index is 6.48. The minimum atomic E-state index is -2.05. The fourth-order valence-electron chi connectivity index (χ4n) is 8.31. The highest BCUT2D eigenvalue weighted by molar-refractivity contribution is 7.04. The van der Waals surface area contributed by atoms with Crippen LogP contribution in [-0.4, -0.2) is 8.07 Å². The Hall–Kier alpha value is -6.16. The van der Waals surface area contributed by atoms with Crippen molar-refractivity contribution in [1.82, 2.24) is 0 Å². The van der Waals surface area contributed by atoms with Gasteiger partial charge in [-0.3, -0.25) is 0 Å². The first-order valence-corrected chi connectivity index (χ1v) is 20.7. The topological polar surface area (TPSA) is 16.4 Å². The Kier molecular flexibility index (Phi) is 6.67. The van der Waals surface area contributed by atoms with Crippen molar-refractivity contribution in [3.8, 4) is 33.4 Å². The molecular weight excluding hydrogens is 635 g/mol. The van der Waals surface area contributed by atoms with E-state index >= 15 is 0 Å². The molecule has 1 aliphatic rings. The van der Waals surface area contributed by atoms with Crippen LogP contribution in [0.4, 0.5) is 17.1 Å². The third-order valence-electron chi connectivity index (χ3n) is 10.8. The number of para-hydroxylation sites is 1. The molecule has 0 saturated heterocycles. The minimum Gasteiger partial charge on any atom is -0.456 e. The molecule has 1 aromatic heterocycles. The van der Waals surface area contributed by atoms with Gasteiger partial charge in [-0.15, -0.1) is 0 Å². The summed E-state index contributed by atoms with van der Waals surface area (Å²) in [6.45, 7) is 4.99. The SMILES string of the molecule is C[Si]1(C)c2cccc(N(c3ccc(-c4ccccc4)cc3)c3cccc(-c4ccc5ccccc5c4)c3)c2-c2c1ccc1oc3ccccc3c21. The van der Waals surface area contributed by atoms with Crippen molar-refractivity contribution >= 4 is 68.2 Å². The Labute approximate surface area is 298 Å². The molecule has 2 nitrogen and oxygen atoms in total. The second-order valence-electron chi connectivity index (χ2n) is 14.1. The Morgan fingerprint density at radius 1 is 0.431 bits per heavy atom. The first kappa shape index (κ1) is 29.7. The lowest BCUT2D eigenvalue weighted by Gasteiger charge is -2.29. The van der Waals surface area contributed by atoms with Gasteiger partial charge in [0.05, 0.1) is 5.69 Å². The van der Waals surface area contributed by atoms with Crippen LogP contribution in [0, 0.1) is 0 Å². The minimum absolute atomic E-state index is 0.933. The van der Waals surface area contributed by atoms with Crippen LogP contribution in [0.15, 0.2) is 180 Å². The highest BCUT2D eigenvalue weighted by atomic mass is 28.3. The molecule has 0 saturated carbocycles. The van der Waals surface area contributed by atoms with Gasteiger partial charge in [-0.1, -0.05) is 140 Å². The van der Waals surface area contributed by atoms with Crippen molar-refractivity contribution in [2.75, 3.05) is 4.90 Å². The monoisotopic (exact) mass is 669 g/mol. The molecule has 51 heavy (non-hydrogen) atoms. The fourth-order valence-corrected chi connectivity index (χ4v) is 11.4. The predicted octanol–water partition coefficient (Wildman–Crippen LogP) is 12.3. The van der Waals surface area contributed by atoms with E-state index in [-0.39, 0.29) is 0 Å². The summed E-state index contributed by atoms with van der Waals surface area (Å²) in [5, 5.41) is 7.82. The van der Waals surface area contributed by atoms with Gasteiger partial charge < -0.3 is 9.32 Å². The van der Waals surface area contributed by atoms with Gasteiger partial charge in [-0.05, 0) is 97.5 Å². The first-order chi connectivity index (χ1) is 25.0. The van der Waals surface area contributed by atoms with E-state index in [0.29, 0.717) is 0 Å². The molecule has 8 aromatic carbocycles. The van der Waals surface area contributed by atoms with Crippen molar-refractivity contribution in [2.24, 2.45) is 0 Å². The largest absolute Gasteiger partial charge is 0.456 e. The molecule has 1 aliphatic heterocycles. The molecule has 10 rings (SSSR count). The van der Waals surface area contributed by atoms with Crippen LogP contribution in [0.3, 0.4) is 0 Å². The van der Waals surface area contributed by atoms with E-state index in [9.17, 15) is 0 Å². The maximum Gasteiger partial charge on any atom is 0.136 e. The van der Waals surface area contributed by atoms with Crippen molar-refractivity contribution in [3.63, 3.8) is 0 Å². The summed E-state index contributed by atoms with van der Waals surface area (Å²) in [5.41, 5.74) is 12.8. The molecule has 0 aliphatic carbocycles. The van der Waals surface area contributed by atoms with Crippen molar-refractivity contribution in [1.29, 1.82) is 0 Å². The van der Waals surface area contributed by atoms with Gasteiger partial charge in [0.15, 0.2) is 0 Å². The summed E-state index contributed by atoms with van der Waals surface area (Å²) in [6, 6.07) is 64.0. The Morgan fingerprint density at radius 3 is 1.96 bits per heavy atom. The fraction of sp³-hybridized carbons (Fsp3) is 0.0417. The second kappa shape index (κ2) is 11.4. The molecule has 0 amide bonds. The van der Waals surface area contributed by atoms with E-state index in [1.165, 1.54) is 71.0 Å². The maximum atomic E-state index is 6.48. The number of benzene rings is 8. The third kappa shape index (κ3) is 4.70. The van der Waals surface area contributed by atoms with Gasteiger partial charge in [0, 0.05) is 27.7 Å². The van der Waals surface area contributed by atoms with Crippen LogP contribution in [0.2, 0.25) is 13.1 Å². The number of rotatable bonds is 5. The molecule has 0 fully saturated rings. The average molecular weight is 670 g/mol. The van der Waals surface area contributed by atoms with E-state index in [1.807, 2.05) is 0 Å². The Morgan fingerprint density at radius 2 is 1.10 bits per heavy atom. The Balaban J connectivity index is 1.22. The number of nitrogens with zero attached hydrogens (tertiary/aromatic N) is 1. The van der Waals surface area contributed by atoms with E-state index in [4.69, 9.17) is 4.42 Å². The lowest BCUT2D eigenvalue weighted by molar-refractivity contribution is 0.669. The lowest BCUT2D eigenvalue weighted by Crippen LogP contribution is -2.49. The van der Waals surface area contributed by atoms with Gasteiger partial charge in [0.1, 0.15) is 19.2 Å². The molecule has 3 heteroatoms. The first-order valence-electron chi connectivity index (χ1n) is 17.7. The lowest BCUT2D eigenvalue weighted by atomic mass is 9.96. The van der Waals surface area contributed by atoms with Crippen LogP contribution in [0.1, 0.15) is 0 Å². The summed E-state index contributed by atoms with van der Waals surface area (Å²) in [7, 11) is -2.05. The van der Waals surface area contributed by atoms with Crippen LogP contribution >= 0.6 is 0 Å². The van der Waals surface area contributed by atoms with Crippen LogP contribution in [0.25, 0.3) is 66.1 Å². The number of hydrogen-bond donors (Lipinski definition) is 0. The molecule has 0 bridgehead atoms. The van der Waals surface area contributed by atoms with Crippen molar-refractivity contribution in [2.45, 2.75) is 13.1 Å². The molecule has 0 radical (unpaired) electrons. The molecule has 2 heterocycles. The van der Waals surface area contributed by atoms with Crippen molar-refractivity contribution < 1.29 is 4.42 Å².